The van der Waals surface area contributed by atoms with Gasteiger partial charge in [0.2, 0.25) is 0 Å². The molecule has 1 aromatic heterocycles. The Morgan fingerprint density at radius 3 is 3.06 bits per heavy atom. The van der Waals surface area contributed by atoms with Gasteiger partial charge in [0.05, 0.1) is 0 Å². The molecule has 1 fully saturated rings. The second kappa shape index (κ2) is 6.74. The number of hydrogen-bond donors (Lipinski definition) is 1. The maximum absolute atomic E-state index is 4.27. The Labute approximate surface area is 111 Å². The van der Waals surface area contributed by atoms with Crippen LogP contribution in [0.3, 0.4) is 0 Å². The smallest absolute Gasteiger partial charge is 0.0445 e. The fraction of sp³-hybridized carbons (Fsp3) is 0.667. The maximum Gasteiger partial charge on any atom is 0.0445 e. The third-order valence-corrected chi connectivity index (χ3v) is 3.90. The van der Waals surface area contributed by atoms with Crippen molar-refractivity contribution >= 4 is 5.69 Å². The number of pyridine rings is 1. The van der Waals surface area contributed by atoms with Gasteiger partial charge in [0.1, 0.15) is 0 Å². The standard InChI is InChI=1S/C15H25N3/c1-3-14-7-5-4-6-10-18(14)15-8-9-17-12-13(15)11-16-2/h8-9,12,14,16H,3-7,10-11H2,1-2H3. The normalized spacial score (nSPS) is 20.8. The summed E-state index contributed by atoms with van der Waals surface area (Å²) in [7, 11) is 2.00. The van der Waals surface area contributed by atoms with E-state index in [1.165, 1.54) is 49.9 Å². The van der Waals surface area contributed by atoms with E-state index in [9.17, 15) is 0 Å². The van der Waals surface area contributed by atoms with Crippen LogP contribution in [-0.4, -0.2) is 24.6 Å². The topological polar surface area (TPSA) is 28.2 Å². The van der Waals surface area contributed by atoms with Gasteiger partial charge < -0.3 is 10.2 Å². The Morgan fingerprint density at radius 2 is 2.28 bits per heavy atom. The summed E-state index contributed by atoms with van der Waals surface area (Å²) < 4.78 is 0. The summed E-state index contributed by atoms with van der Waals surface area (Å²) in [5, 5.41) is 3.25. The molecule has 1 unspecified atom stereocenters. The summed E-state index contributed by atoms with van der Waals surface area (Å²) >= 11 is 0. The van der Waals surface area contributed by atoms with E-state index in [0.717, 1.165) is 6.54 Å². The molecular weight excluding hydrogens is 222 g/mol. The maximum atomic E-state index is 4.27. The predicted molar refractivity (Wildman–Crippen MR) is 76.9 cm³/mol. The molecule has 0 spiro atoms. The van der Waals surface area contributed by atoms with Crippen molar-refractivity contribution in [2.24, 2.45) is 0 Å². The monoisotopic (exact) mass is 247 g/mol. The third-order valence-electron chi connectivity index (χ3n) is 3.90. The summed E-state index contributed by atoms with van der Waals surface area (Å²) in [5.74, 6) is 0. The zero-order valence-electron chi connectivity index (χ0n) is 11.7. The highest BCUT2D eigenvalue weighted by Gasteiger charge is 2.21. The minimum atomic E-state index is 0.700. The summed E-state index contributed by atoms with van der Waals surface area (Å²) in [5.41, 5.74) is 2.70. The second-order valence-corrected chi connectivity index (χ2v) is 5.14. The van der Waals surface area contributed by atoms with E-state index in [1.807, 2.05) is 19.4 Å². The van der Waals surface area contributed by atoms with Gasteiger partial charge in [-0.2, -0.15) is 0 Å². The molecule has 2 heterocycles. The number of rotatable bonds is 4. The van der Waals surface area contributed by atoms with Gasteiger partial charge >= 0.3 is 0 Å². The Balaban J connectivity index is 2.26. The average Bonchev–Trinajstić information content (AvgIpc) is 2.65. The predicted octanol–water partition coefficient (Wildman–Crippen LogP) is 2.96. The van der Waals surface area contributed by atoms with E-state index in [0.29, 0.717) is 6.04 Å². The van der Waals surface area contributed by atoms with Gasteiger partial charge in [-0.15, -0.1) is 0 Å². The Kier molecular flexibility index (Phi) is 5.00. The van der Waals surface area contributed by atoms with Crippen molar-refractivity contribution < 1.29 is 0 Å². The largest absolute Gasteiger partial charge is 0.368 e. The van der Waals surface area contributed by atoms with Crippen molar-refractivity contribution in [3.63, 3.8) is 0 Å². The van der Waals surface area contributed by atoms with Crippen molar-refractivity contribution in [3.05, 3.63) is 24.0 Å². The Hall–Kier alpha value is -1.09. The van der Waals surface area contributed by atoms with Gasteiger partial charge in [-0.3, -0.25) is 4.98 Å². The van der Waals surface area contributed by atoms with Gasteiger partial charge in [-0.25, -0.2) is 0 Å². The van der Waals surface area contributed by atoms with E-state index in [-0.39, 0.29) is 0 Å². The minimum Gasteiger partial charge on any atom is -0.368 e. The first-order valence-corrected chi connectivity index (χ1v) is 7.21. The van der Waals surface area contributed by atoms with Crippen molar-refractivity contribution in [1.82, 2.24) is 10.3 Å². The van der Waals surface area contributed by atoms with Crippen LogP contribution in [0.4, 0.5) is 5.69 Å². The summed E-state index contributed by atoms with van der Waals surface area (Å²) in [6.07, 6.45) is 10.6. The van der Waals surface area contributed by atoms with Crippen LogP contribution in [0.15, 0.2) is 18.5 Å². The molecule has 0 amide bonds. The van der Waals surface area contributed by atoms with Crippen LogP contribution < -0.4 is 10.2 Å². The SMILES string of the molecule is CCC1CCCCCN1c1ccncc1CNC. The van der Waals surface area contributed by atoms with Crippen LogP contribution >= 0.6 is 0 Å². The molecule has 0 saturated carbocycles. The minimum absolute atomic E-state index is 0.700. The van der Waals surface area contributed by atoms with E-state index in [1.54, 1.807) is 0 Å². The zero-order chi connectivity index (χ0) is 12.8. The third kappa shape index (κ3) is 3.02. The van der Waals surface area contributed by atoms with Gasteiger partial charge in [-0.05, 0) is 32.4 Å². The van der Waals surface area contributed by atoms with Crippen LogP contribution in [0.2, 0.25) is 0 Å². The molecule has 2 rings (SSSR count). The molecular formula is C15H25N3. The fourth-order valence-electron chi connectivity index (χ4n) is 2.95. The number of nitrogens with zero attached hydrogens (tertiary/aromatic N) is 2. The van der Waals surface area contributed by atoms with Crippen molar-refractivity contribution in [2.45, 2.75) is 51.6 Å². The Bertz CT molecular complexity index is 365. The van der Waals surface area contributed by atoms with Crippen molar-refractivity contribution in [3.8, 4) is 0 Å². The molecule has 1 aromatic rings. The van der Waals surface area contributed by atoms with Gasteiger partial charge in [0, 0.05) is 42.8 Å². The molecule has 0 aliphatic carbocycles. The van der Waals surface area contributed by atoms with E-state index >= 15 is 0 Å². The molecule has 1 aliphatic heterocycles. The first-order valence-electron chi connectivity index (χ1n) is 7.21. The molecule has 3 heteroatoms. The lowest BCUT2D eigenvalue weighted by molar-refractivity contribution is 0.554. The van der Waals surface area contributed by atoms with Gasteiger partial charge in [0.25, 0.3) is 0 Å². The van der Waals surface area contributed by atoms with Gasteiger partial charge in [0.15, 0.2) is 0 Å². The van der Waals surface area contributed by atoms with Crippen molar-refractivity contribution in [2.75, 3.05) is 18.5 Å². The lowest BCUT2D eigenvalue weighted by Gasteiger charge is -2.33. The Morgan fingerprint density at radius 1 is 1.39 bits per heavy atom. The lowest BCUT2D eigenvalue weighted by Crippen LogP contribution is -2.35. The van der Waals surface area contributed by atoms with Gasteiger partial charge in [-0.1, -0.05) is 19.8 Å². The van der Waals surface area contributed by atoms with Crippen LogP contribution in [0.1, 0.15) is 44.6 Å². The van der Waals surface area contributed by atoms with E-state index < -0.39 is 0 Å². The lowest BCUT2D eigenvalue weighted by atomic mass is 10.1. The van der Waals surface area contributed by atoms with E-state index in [4.69, 9.17) is 0 Å². The molecule has 100 valence electrons. The molecule has 3 nitrogen and oxygen atoms in total. The molecule has 1 saturated heterocycles. The van der Waals surface area contributed by atoms with Crippen LogP contribution in [0, 0.1) is 0 Å². The molecule has 1 N–H and O–H groups in total. The fourth-order valence-corrected chi connectivity index (χ4v) is 2.95. The molecule has 0 bridgehead atoms. The highest BCUT2D eigenvalue weighted by Crippen LogP contribution is 2.28. The average molecular weight is 247 g/mol. The summed E-state index contributed by atoms with van der Waals surface area (Å²) in [4.78, 5) is 6.88. The number of hydrogen-bond acceptors (Lipinski definition) is 3. The van der Waals surface area contributed by atoms with E-state index in [2.05, 4.69) is 28.2 Å². The number of anilines is 1. The molecule has 18 heavy (non-hydrogen) atoms. The quantitative estimate of drug-likeness (QED) is 0.886. The summed E-state index contributed by atoms with van der Waals surface area (Å²) in [6, 6.07) is 2.88. The highest BCUT2D eigenvalue weighted by molar-refractivity contribution is 5.53. The first kappa shape index (κ1) is 13.3. The highest BCUT2D eigenvalue weighted by atomic mass is 15.2. The molecule has 0 radical (unpaired) electrons. The molecule has 1 atom stereocenters. The summed E-state index contributed by atoms with van der Waals surface area (Å²) in [6.45, 7) is 4.40. The van der Waals surface area contributed by atoms with Crippen LogP contribution in [-0.2, 0) is 6.54 Å². The molecule has 0 aromatic carbocycles. The van der Waals surface area contributed by atoms with Crippen LogP contribution in [0.25, 0.3) is 0 Å². The second-order valence-electron chi connectivity index (χ2n) is 5.14. The van der Waals surface area contributed by atoms with Crippen LogP contribution in [0.5, 0.6) is 0 Å². The number of nitrogens with one attached hydrogen (secondary N) is 1. The molecule has 1 aliphatic rings. The first-order chi connectivity index (χ1) is 8.86. The zero-order valence-corrected chi connectivity index (χ0v) is 11.7. The number of aromatic nitrogens is 1. The van der Waals surface area contributed by atoms with Crippen molar-refractivity contribution in [1.29, 1.82) is 0 Å².